The molecule has 2 amide bonds. The Hall–Kier alpha value is -1.75. The lowest BCUT2D eigenvalue weighted by atomic mass is 10.2. The number of benzene rings is 1. The number of carbonyl (C=O) groups is 2. The molecule has 0 spiro atoms. The minimum atomic E-state index is -0.862. The van der Waals surface area contributed by atoms with E-state index >= 15 is 0 Å². The van der Waals surface area contributed by atoms with Crippen molar-refractivity contribution in [2.75, 3.05) is 18.9 Å². The lowest BCUT2D eigenvalue weighted by Crippen LogP contribution is -2.32. The van der Waals surface area contributed by atoms with E-state index in [4.69, 9.17) is 16.7 Å². The predicted octanol–water partition coefficient (Wildman–Crippen LogP) is 2.98. The van der Waals surface area contributed by atoms with Crippen LogP contribution in [0.2, 0.25) is 5.02 Å². The van der Waals surface area contributed by atoms with Crippen LogP contribution in [-0.2, 0) is 4.79 Å². The van der Waals surface area contributed by atoms with Crippen LogP contribution in [0, 0.1) is 6.92 Å². The van der Waals surface area contributed by atoms with Gasteiger partial charge in [0.2, 0.25) is 0 Å². The summed E-state index contributed by atoms with van der Waals surface area (Å²) in [5, 5.41) is 11.9. The number of amides is 2. The molecule has 0 heterocycles. The molecule has 6 heteroatoms. The van der Waals surface area contributed by atoms with Crippen molar-refractivity contribution in [3.05, 3.63) is 28.8 Å². The maximum Gasteiger partial charge on any atom is 0.321 e. The quantitative estimate of drug-likeness (QED) is 0.873. The summed E-state index contributed by atoms with van der Waals surface area (Å²) in [6.07, 6.45) is 0.474. The van der Waals surface area contributed by atoms with Crippen molar-refractivity contribution >= 4 is 29.3 Å². The highest BCUT2D eigenvalue weighted by Crippen LogP contribution is 2.23. The summed E-state index contributed by atoms with van der Waals surface area (Å²) in [6.45, 7) is 2.21. The number of carboxylic acid groups (broad SMARTS) is 1. The van der Waals surface area contributed by atoms with Crippen molar-refractivity contribution in [1.29, 1.82) is 0 Å². The fourth-order valence-electron chi connectivity index (χ4n) is 1.52. The summed E-state index contributed by atoms with van der Waals surface area (Å²) in [7, 11) is 1.62. The Morgan fingerprint density at radius 1 is 1.42 bits per heavy atom. The Morgan fingerprint density at radius 2 is 2.11 bits per heavy atom. The number of nitrogens with zero attached hydrogens (tertiary/aromatic N) is 1. The third-order valence-electron chi connectivity index (χ3n) is 2.74. The Balaban J connectivity index is 2.54. The van der Waals surface area contributed by atoms with E-state index < -0.39 is 5.97 Å². The van der Waals surface area contributed by atoms with E-state index in [0.717, 1.165) is 5.56 Å². The lowest BCUT2D eigenvalue weighted by molar-refractivity contribution is -0.137. The minimum Gasteiger partial charge on any atom is -0.481 e. The number of rotatable bonds is 5. The van der Waals surface area contributed by atoms with Crippen LogP contribution in [0.5, 0.6) is 0 Å². The molecule has 0 saturated heterocycles. The molecule has 0 aliphatic rings. The van der Waals surface area contributed by atoms with Crippen LogP contribution in [0.1, 0.15) is 18.4 Å². The van der Waals surface area contributed by atoms with Gasteiger partial charge >= 0.3 is 12.0 Å². The fourth-order valence-corrected chi connectivity index (χ4v) is 1.70. The van der Waals surface area contributed by atoms with Gasteiger partial charge in [-0.25, -0.2) is 4.79 Å². The van der Waals surface area contributed by atoms with E-state index in [0.29, 0.717) is 23.7 Å². The first-order chi connectivity index (χ1) is 8.91. The van der Waals surface area contributed by atoms with Crippen molar-refractivity contribution in [3.63, 3.8) is 0 Å². The van der Waals surface area contributed by atoms with Gasteiger partial charge in [0.05, 0.1) is 0 Å². The maximum absolute atomic E-state index is 11.9. The number of anilines is 1. The van der Waals surface area contributed by atoms with E-state index in [1.807, 2.05) is 6.92 Å². The summed E-state index contributed by atoms with van der Waals surface area (Å²) in [6, 6.07) is 5.00. The van der Waals surface area contributed by atoms with Gasteiger partial charge < -0.3 is 15.3 Å². The first-order valence-corrected chi connectivity index (χ1v) is 6.28. The smallest absolute Gasteiger partial charge is 0.321 e. The summed E-state index contributed by atoms with van der Waals surface area (Å²) >= 11 is 5.97. The lowest BCUT2D eigenvalue weighted by Gasteiger charge is -2.18. The van der Waals surface area contributed by atoms with Gasteiger partial charge in [-0.05, 0) is 31.0 Å². The molecule has 0 unspecified atom stereocenters. The van der Waals surface area contributed by atoms with Gasteiger partial charge in [-0.3, -0.25) is 4.79 Å². The number of carbonyl (C=O) groups excluding carboxylic acids is 1. The molecule has 0 aliphatic heterocycles. The molecule has 0 aromatic heterocycles. The van der Waals surface area contributed by atoms with Gasteiger partial charge in [-0.15, -0.1) is 0 Å². The van der Waals surface area contributed by atoms with Crippen molar-refractivity contribution < 1.29 is 14.7 Å². The summed E-state index contributed by atoms with van der Waals surface area (Å²) in [5.41, 5.74) is 1.46. The molecule has 0 aliphatic carbocycles. The molecular formula is C13H17ClN2O3. The standard InChI is InChI=1S/C13H17ClN2O3/c1-9-10(14)5-3-6-11(9)15-13(19)16(2)8-4-7-12(17)18/h3,5-6H,4,7-8H2,1-2H3,(H,15,19)(H,17,18). The molecule has 1 aromatic carbocycles. The maximum atomic E-state index is 11.9. The van der Waals surface area contributed by atoms with Crippen LogP contribution >= 0.6 is 11.6 Å². The molecule has 0 atom stereocenters. The number of halogens is 1. The van der Waals surface area contributed by atoms with Crippen LogP contribution in [-0.4, -0.2) is 35.6 Å². The molecule has 1 aromatic rings. The highest BCUT2D eigenvalue weighted by atomic mass is 35.5. The molecule has 104 valence electrons. The predicted molar refractivity (Wildman–Crippen MR) is 74.7 cm³/mol. The highest BCUT2D eigenvalue weighted by Gasteiger charge is 2.11. The van der Waals surface area contributed by atoms with Gasteiger partial charge in [0, 0.05) is 30.7 Å². The van der Waals surface area contributed by atoms with E-state index in [9.17, 15) is 9.59 Å². The second kappa shape index (κ2) is 6.99. The van der Waals surface area contributed by atoms with Crippen molar-refractivity contribution in [2.45, 2.75) is 19.8 Å². The molecule has 19 heavy (non-hydrogen) atoms. The molecule has 0 bridgehead atoms. The van der Waals surface area contributed by atoms with Crippen LogP contribution in [0.4, 0.5) is 10.5 Å². The Bertz CT molecular complexity index is 477. The average molecular weight is 285 g/mol. The molecule has 0 saturated carbocycles. The first kappa shape index (κ1) is 15.3. The Kier molecular flexibility index (Phi) is 5.63. The number of urea groups is 1. The SMILES string of the molecule is Cc1c(Cl)cccc1NC(=O)N(C)CCCC(=O)O. The van der Waals surface area contributed by atoms with Gasteiger partial charge in [0.1, 0.15) is 0 Å². The van der Waals surface area contributed by atoms with E-state index in [-0.39, 0.29) is 12.5 Å². The summed E-state index contributed by atoms with van der Waals surface area (Å²) in [5.74, 6) is -0.862. The highest BCUT2D eigenvalue weighted by molar-refractivity contribution is 6.31. The van der Waals surface area contributed by atoms with Gasteiger partial charge in [0.15, 0.2) is 0 Å². The zero-order chi connectivity index (χ0) is 14.4. The van der Waals surface area contributed by atoms with Crippen molar-refractivity contribution in [2.24, 2.45) is 0 Å². The Morgan fingerprint density at radius 3 is 2.74 bits per heavy atom. The first-order valence-electron chi connectivity index (χ1n) is 5.91. The van der Waals surface area contributed by atoms with E-state index in [1.54, 1.807) is 25.2 Å². The molecule has 2 N–H and O–H groups in total. The summed E-state index contributed by atoms with van der Waals surface area (Å²) in [4.78, 5) is 23.7. The van der Waals surface area contributed by atoms with Gasteiger partial charge in [-0.1, -0.05) is 17.7 Å². The number of hydrogen-bond donors (Lipinski definition) is 2. The summed E-state index contributed by atoms with van der Waals surface area (Å²) < 4.78 is 0. The monoisotopic (exact) mass is 284 g/mol. The number of nitrogens with one attached hydrogen (secondary N) is 1. The second-order valence-corrected chi connectivity index (χ2v) is 4.67. The topological polar surface area (TPSA) is 69.6 Å². The fraction of sp³-hybridized carbons (Fsp3) is 0.385. The number of carboxylic acids is 1. The second-order valence-electron chi connectivity index (χ2n) is 4.26. The van der Waals surface area contributed by atoms with Gasteiger partial charge in [-0.2, -0.15) is 0 Å². The number of aliphatic carboxylic acids is 1. The van der Waals surface area contributed by atoms with Crippen LogP contribution in [0.15, 0.2) is 18.2 Å². The zero-order valence-electron chi connectivity index (χ0n) is 10.9. The molecule has 5 nitrogen and oxygen atoms in total. The third-order valence-corrected chi connectivity index (χ3v) is 3.15. The largest absolute Gasteiger partial charge is 0.481 e. The Labute approximate surface area is 117 Å². The van der Waals surface area contributed by atoms with Crippen LogP contribution in [0.3, 0.4) is 0 Å². The normalized spacial score (nSPS) is 10.1. The van der Waals surface area contributed by atoms with Crippen molar-refractivity contribution in [1.82, 2.24) is 4.90 Å². The molecular weight excluding hydrogens is 268 g/mol. The van der Waals surface area contributed by atoms with E-state index in [1.165, 1.54) is 4.90 Å². The molecule has 1 rings (SSSR count). The van der Waals surface area contributed by atoms with Crippen LogP contribution < -0.4 is 5.32 Å². The van der Waals surface area contributed by atoms with Crippen LogP contribution in [0.25, 0.3) is 0 Å². The van der Waals surface area contributed by atoms with Crippen molar-refractivity contribution in [3.8, 4) is 0 Å². The van der Waals surface area contributed by atoms with Gasteiger partial charge in [0.25, 0.3) is 0 Å². The molecule has 0 radical (unpaired) electrons. The number of hydrogen-bond acceptors (Lipinski definition) is 2. The third kappa shape index (κ3) is 4.79. The minimum absolute atomic E-state index is 0.0494. The van der Waals surface area contributed by atoms with E-state index in [2.05, 4.69) is 5.32 Å². The average Bonchev–Trinajstić information content (AvgIpc) is 2.34. The zero-order valence-corrected chi connectivity index (χ0v) is 11.7. The molecule has 0 fully saturated rings.